The summed E-state index contributed by atoms with van der Waals surface area (Å²) in [5.41, 5.74) is 1.42. The van der Waals surface area contributed by atoms with Crippen LogP contribution in [0.15, 0.2) is 42.5 Å². The second-order valence-corrected chi connectivity index (χ2v) is 6.58. The highest BCUT2D eigenvalue weighted by molar-refractivity contribution is 6.42. The van der Waals surface area contributed by atoms with E-state index in [9.17, 15) is 4.79 Å². The molecule has 0 aliphatic carbocycles. The Kier molecular flexibility index (Phi) is 6.76. The number of hydrogen-bond acceptors (Lipinski definition) is 3. The van der Waals surface area contributed by atoms with Crippen LogP contribution in [0.25, 0.3) is 0 Å². The number of rotatable bonds is 7. The Balaban J connectivity index is 1.87. The van der Waals surface area contributed by atoms with Gasteiger partial charge in [-0.3, -0.25) is 4.79 Å². The van der Waals surface area contributed by atoms with Gasteiger partial charge in [-0.05, 0) is 36.2 Å². The molecule has 0 radical (unpaired) electrons. The first-order chi connectivity index (χ1) is 11.4. The molecule has 2 N–H and O–H groups in total. The molecule has 128 valence electrons. The molecule has 24 heavy (non-hydrogen) atoms. The molecule has 6 heteroatoms. The van der Waals surface area contributed by atoms with E-state index >= 15 is 0 Å². The SMILES string of the molecule is CC(C)COc1cccc(NC(=O)CNc2ccc(Cl)c(Cl)c2)c1. The van der Waals surface area contributed by atoms with Crippen molar-refractivity contribution < 1.29 is 9.53 Å². The Morgan fingerprint density at radius 3 is 2.58 bits per heavy atom. The third kappa shape index (κ3) is 5.95. The molecule has 2 rings (SSSR count). The van der Waals surface area contributed by atoms with Crippen LogP contribution in [0.2, 0.25) is 10.0 Å². The number of amides is 1. The summed E-state index contributed by atoms with van der Waals surface area (Å²) in [6.45, 7) is 4.92. The van der Waals surface area contributed by atoms with Gasteiger partial charge in [0.2, 0.25) is 5.91 Å². The van der Waals surface area contributed by atoms with Crippen LogP contribution in [0.3, 0.4) is 0 Å². The summed E-state index contributed by atoms with van der Waals surface area (Å²) in [4.78, 5) is 12.0. The summed E-state index contributed by atoms with van der Waals surface area (Å²) in [7, 11) is 0. The number of carbonyl (C=O) groups excluding carboxylic acids is 1. The third-order valence-electron chi connectivity index (χ3n) is 3.07. The van der Waals surface area contributed by atoms with Gasteiger partial charge in [0.25, 0.3) is 0 Å². The lowest BCUT2D eigenvalue weighted by Crippen LogP contribution is -2.21. The first-order valence-electron chi connectivity index (χ1n) is 7.65. The normalized spacial score (nSPS) is 10.5. The zero-order valence-corrected chi connectivity index (χ0v) is 15.1. The molecular weight excluding hydrogens is 347 g/mol. The summed E-state index contributed by atoms with van der Waals surface area (Å²) in [5.74, 6) is 1.01. The fourth-order valence-electron chi connectivity index (χ4n) is 1.92. The number of nitrogens with one attached hydrogen (secondary N) is 2. The van der Waals surface area contributed by atoms with E-state index in [4.69, 9.17) is 27.9 Å². The molecule has 0 aliphatic heterocycles. The van der Waals surface area contributed by atoms with Crippen LogP contribution < -0.4 is 15.4 Å². The highest BCUT2D eigenvalue weighted by atomic mass is 35.5. The Morgan fingerprint density at radius 2 is 1.88 bits per heavy atom. The predicted octanol–water partition coefficient (Wildman–Crippen LogP) is 5.08. The molecule has 0 spiro atoms. The first-order valence-corrected chi connectivity index (χ1v) is 8.41. The molecule has 0 fully saturated rings. The van der Waals surface area contributed by atoms with Crippen molar-refractivity contribution in [2.75, 3.05) is 23.8 Å². The zero-order valence-electron chi connectivity index (χ0n) is 13.6. The van der Waals surface area contributed by atoms with E-state index in [0.29, 0.717) is 28.3 Å². The van der Waals surface area contributed by atoms with Crippen molar-refractivity contribution in [3.8, 4) is 5.75 Å². The maximum atomic E-state index is 12.0. The van der Waals surface area contributed by atoms with Crippen molar-refractivity contribution in [1.29, 1.82) is 0 Å². The zero-order chi connectivity index (χ0) is 17.5. The molecule has 0 atom stereocenters. The average Bonchev–Trinajstić information content (AvgIpc) is 2.54. The fraction of sp³-hybridized carbons (Fsp3) is 0.278. The van der Waals surface area contributed by atoms with Gasteiger partial charge in [-0.15, -0.1) is 0 Å². The third-order valence-corrected chi connectivity index (χ3v) is 3.81. The summed E-state index contributed by atoms with van der Waals surface area (Å²) in [6, 6.07) is 12.5. The summed E-state index contributed by atoms with van der Waals surface area (Å²) in [5, 5.41) is 6.75. The molecule has 0 unspecified atom stereocenters. The summed E-state index contributed by atoms with van der Waals surface area (Å²) in [6.07, 6.45) is 0. The number of halogens is 2. The molecule has 2 aromatic rings. The topological polar surface area (TPSA) is 50.4 Å². The van der Waals surface area contributed by atoms with E-state index in [2.05, 4.69) is 24.5 Å². The largest absolute Gasteiger partial charge is 0.493 e. The molecule has 0 aliphatic rings. The van der Waals surface area contributed by atoms with Crippen LogP contribution in [-0.2, 0) is 4.79 Å². The van der Waals surface area contributed by atoms with Crippen LogP contribution in [0.5, 0.6) is 5.75 Å². The number of benzene rings is 2. The Labute approximate surface area is 152 Å². The standard InChI is InChI=1S/C18H20Cl2N2O2/c1-12(2)11-24-15-5-3-4-14(8-15)22-18(23)10-21-13-6-7-16(19)17(20)9-13/h3-9,12,21H,10-11H2,1-2H3,(H,22,23). The minimum Gasteiger partial charge on any atom is -0.493 e. The van der Waals surface area contributed by atoms with Crippen molar-refractivity contribution in [3.05, 3.63) is 52.5 Å². The smallest absolute Gasteiger partial charge is 0.243 e. The monoisotopic (exact) mass is 366 g/mol. The van der Waals surface area contributed by atoms with Gasteiger partial charge in [-0.2, -0.15) is 0 Å². The Bertz CT molecular complexity index is 705. The van der Waals surface area contributed by atoms with Crippen LogP contribution in [-0.4, -0.2) is 19.1 Å². The van der Waals surface area contributed by atoms with Gasteiger partial charge in [0.1, 0.15) is 5.75 Å². The lowest BCUT2D eigenvalue weighted by atomic mass is 10.2. The minimum absolute atomic E-state index is 0.120. The van der Waals surface area contributed by atoms with E-state index in [1.165, 1.54) is 0 Å². The van der Waals surface area contributed by atoms with Gasteiger partial charge < -0.3 is 15.4 Å². The Morgan fingerprint density at radius 1 is 1.08 bits per heavy atom. The molecule has 2 aromatic carbocycles. The van der Waals surface area contributed by atoms with Gasteiger partial charge >= 0.3 is 0 Å². The van der Waals surface area contributed by atoms with Crippen LogP contribution in [0.4, 0.5) is 11.4 Å². The van der Waals surface area contributed by atoms with Crippen molar-refractivity contribution in [3.63, 3.8) is 0 Å². The second kappa shape index (κ2) is 8.81. The van der Waals surface area contributed by atoms with E-state index in [-0.39, 0.29) is 12.5 Å². The lowest BCUT2D eigenvalue weighted by molar-refractivity contribution is -0.114. The number of ether oxygens (including phenoxy) is 1. The lowest BCUT2D eigenvalue weighted by Gasteiger charge is -2.11. The summed E-state index contributed by atoms with van der Waals surface area (Å²) >= 11 is 11.8. The Hall–Kier alpha value is -1.91. The maximum Gasteiger partial charge on any atom is 0.243 e. The molecule has 0 aromatic heterocycles. The van der Waals surface area contributed by atoms with Crippen LogP contribution in [0, 0.1) is 5.92 Å². The maximum absolute atomic E-state index is 12.0. The summed E-state index contributed by atoms with van der Waals surface area (Å²) < 4.78 is 5.65. The van der Waals surface area contributed by atoms with Crippen molar-refractivity contribution in [1.82, 2.24) is 0 Å². The second-order valence-electron chi connectivity index (χ2n) is 5.76. The predicted molar refractivity (Wildman–Crippen MR) is 100 cm³/mol. The number of carbonyl (C=O) groups is 1. The number of anilines is 2. The van der Waals surface area contributed by atoms with Crippen molar-refractivity contribution in [2.24, 2.45) is 5.92 Å². The van der Waals surface area contributed by atoms with Crippen molar-refractivity contribution >= 4 is 40.5 Å². The molecule has 4 nitrogen and oxygen atoms in total. The van der Waals surface area contributed by atoms with Crippen LogP contribution in [0.1, 0.15) is 13.8 Å². The van der Waals surface area contributed by atoms with E-state index in [0.717, 1.165) is 11.4 Å². The fourth-order valence-corrected chi connectivity index (χ4v) is 2.22. The van der Waals surface area contributed by atoms with Crippen molar-refractivity contribution in [2.45, 2.75) is 13.8 Å². The highest BCUT2D eigenvalue weighted by Crippen LogP contribution is 2.25. The van der Waals surface area contributed by atoms with Crippen LogP contribution >= 0.6 is 23.2 Å². The number of hydrogen-bond donors (Lipinski definition) is 2. The van der Waals surface area contributed by atoms with Gasteiger partial charge in [0.15, 0.2) is 0 Å². The van der Waals surface area contributed by atoms with E-state index in [1.807, 2.05) is 18.2 Å². The molecule has 0 bridgehead atoms. The van der Waals surface area contributed by atoms with E-state index in [1.54, 1.807) is 24.3 Å². The quantitative estimate of drug-likeness (QED) is 0.718. The molecule has 0 heterocycles. The molecule has 0 saturated heterocycles. The van der Waals surface area contributed by atoms with E-state index < -0.39 is 0 Å². The highest BCUT2D eigenvalue weighted by Gasteiger charge is 2.05. The molecular formula is C18H20Cl2N2O2. The van der Waals surface area contributed by atoms with Gasteiger partial charge in [0, 0.05) is 17.4 Å². The molecule has 1 amide bonds. The minimum atomic E-state index is -0.165. The van der Waals surface area contributed by atoms with Gasteiger partial charge in [0.05, 0.1) is 23.2 Å². The first kappa shape index (κ1) is 18.4. The van der Waals surface area contributed by atoms with Gasteiger partial charge in [-0.1, -0.05) is 43.1 Å². The average molecular weight is 367 g/mol. The molecule has 0 saturated carbocycles. The van der Waals surface area contributed by atoms with Gasteiger partial charge in [-0.25, -0.2) is 0 Å².